The van der Waals surface area contributed by atoms with Gasteiger partial charge >= 0.3 is 6.09 Å². The van der Waals surface area contributed by atoms with Gasteiger partial charge in [-0.3, -0.25) is 9.59 Å². The van der Waals surface area contributed by atoms with Crippen LogP contribution in [0.25, 0.3) is 0 Å². The van der Waals surface area contributed by atoms with Crippen LogP contribution in [0.2, 0.25) is 0 Å². The zero-order valence-corrected chi connectivity index (χ0v) is 18.5. The molecule has 1 aromatic rings. The van der Waals surface area contributed by atoms with E-state index in [9.17, 15) is 24.6 Å². The Morgan fingerprint density at radius 1 is 1.10 bits per heavy atom. The van der Waals surface area contributed by atoms with Crippen LogP contribution in [0.4, 0.5) is 4.79 Å². The van der Waals surface area contributed by atoms with Gasteiger partial charge in [0.15, 0.2) is 0 Å². The van der Waals surface area contributed by atoms with E-state index >= 15 is 0 Å². The molecular formula is C21H33N3O6. The summed E-state index contributed by atoms with van der Waals surface area (Å²) in [6.07, 6.45) is -0.780. The number of hydrogen-bond donors (Lipinski definition) is 4. The van der Waals surface area contributed by atoms with Crippen LogP contribution < -0.4 is 10.6 Å². The number of aromatic hydroxyl groups is 1. The van der Waals surface area contributed by atoms with Crippen molar-refractivity contribution in [1.29, 1.82) is 0 Å². The van der Waals surface area contributed by atoms with Gasteiger partial charge in [0, 0.05) is 17.6 Å². The molecule has 0 aliphatic heterocycles. The first-order valence-corrected chi connectivity index (χ1v) is 9.72. The molecule has 0 saturated heterocycles. The first-order chi connectivity index (χ1) is 13.7. The van der Waals surface area contributed by atoms with E-state index in [-0.39, 0.29) is 17.9 Å². The number of phenolic OH excluding ortho intramolecular Hbond substituents is 1. The number of ether oxygens (including phenoxy) is 1. The van der Waals surface area contributed by atoms with Crippen LogP contribution in [0, 0.1) is 0 Å². The summed E-state index contributed by atoms with van der Waals surface area (Å²) < 4.78 is 5.12. The Morgan fingerprint density at radius 3 is 2.20 bits per heavy atom. The maximum atomic E-state index is 13.0. The lowest BCUT2D eigenvalue weighted by atomic mass is 10.0. The number of carbonyl (C=O) groups excluding carboxylic acids is 3. The minimum atomic E-state index is -1.20. The first kappa shape index (κ1) is 25.2. The second kappa shape index (κ2) is 10.3. The lowest BCUT2D eigenvalue weighted by Crippen LogP contribution is -2.51. The van der Waals surface area contributed by atoms with Crippen LogP contribution in [0.15, 0.2) is 24.3 Å². The predicted molar refractivity (Wildman–Crippen MR) is 112 cm³/mol. The minimum absolute atomic E-state index is 0.164. The van der Waals surface area contributed by atoms with Gasteiger partial charge in [-0.05, 0) is 47.6 Å². The second-order valence-corrected chi connectivity index (χ2v) is 8.87. The van der Waals surface area contributed by atoms with Crippen LogP contribution >= 0.6 is 0 Å². The van der Waals surface area contributed by atoms with Gasteiger partial charge in [-0.2, -0.15) is 0 Å². The van der Waals surface area contributed by atoms with Crippen LogP contribution in [0.5, 0.6) is 5.75 Å². The van der Waals surface area contributed by atoms with Crippen molar-refractivity contribution in [2.45, 2.75) is 58.7 Å². The number of hydrogen-bond acceptors (Lipinski definition) is 6. The number of alkyl carbamates (subject to hydrolysis) is 1. The molecule has 9 heteroatoms. The molecule has 0 aliphatic carbocycles. The summed E-state index contributed by atoms with van der Waals surface area (Å²) in [6, 6.07) is 4.96. The molecule has 0 heterocycles. The highest BCUT2D eigenvalue weighted by atomic mass is 16.6. The number of benzene rings is 1. The molecule has 4 N–H and O–H groups in total. The lowest BCUT2D eigenvalue weighted by molar-refractivity contribution is -0.141. The highest BCUT2D eigenvalue weighted by Crippen LogP contribution is 2.29. The Balaban J connectivity index is 3.17. The van der Waals surface area contributed by atoms with Crippen molar-refractivity contribution >= 4 is 17.9 Å². The zero-order chi connectivity index (χ0) is 23.1. The van der Waals surface area contributed by atoms with Gasteiger partial charge in [0.05, 0.1) is 6.61 Å². The molecule has 0 spiro atoms. The Morgan fingerprint density at radius 2 is 1.70 bits per heavy atom. The maximum Gasteiger partial charge on any atom is 0.408 e. The number of aliphatic hydroxyl groups is 1. The van der Waals surface area contributed by atoms with Crippen molar-refractivity contribution in [3.63, 3.8) is 0 Å². The van der Waals surface area contributed by atoms with Crippen LogP contribution in [0.3, 0.4) is 0 Å². The van der Waals surface area contributed by atoms with E-state index in [0.717, 1.165) is 4.90 Å². The van der Waals surface area contributed by atoms with E-state index in [4.69, 9.17) is 4.74 Å². The van der Waals surface area contributed by atoms with Gasteiger partial charge in [0.2, 0.25) is 11.8 Å². The summed E-state index contributed by atoms with van der Waals surface area (Å²) in [4.78, 5) is 38.9. The maximum absolute atomic E-state index is 13.0. The number of carbonyl (C=O) groups is 3. The standard InChI is InChI=1S/C21H33N3O6/c1-20(2,3)23-18(28)17(14-9-7-8-10-15(14)26)24(11-12-25)16(27)13-22-19(29)30-21(4,5)6/h7-10,17,25-26H,11-13H2,1-6H3,(H,22,29)(H,23,28). The summed E-state index contributed by atoms with van der Waals surface area (Å²) in [5.74, 6) is -1.31. The molecule has 30 heavy (non-hydrogen) atoms. The van der Waals surface area contributed by atoms with Gasteiger partial charge in [-0.1, -0.05) is 18.2 Å². The Bertz CT molecular complexity index is 752. The first-order valence-electron chi connectivity index (χ1n) is 9.72. The third-order valence-corrected chi connectivity index (χ3v) is 3.73. The average molecular weight is 424 g/mol. The molecule has 1 aromatic carbocycles. The molecule has 0 bridgehead atoms. The monoisotopic (exact) mass is 423 g/mol. The molecule has 1 unspecified atom stereocenters. The number of phenols is 1. The van der Waals surface area contributed by atoms with Gasteiger partial charge in [-0.15, -0.1) is 0 Å². The molecule has 1 atom stereocenters. The van der Waals surface area contributed by atoms with E-state index in [1.54, 1.807) is 53.7 Å². The average Bonchev–Trinajstić information content (AvgIpc) is 2.57. The van der Waals surface area contributed by atoms with Gasteiger partial charge in [-0.25, -0.2) is 4.79 Å². The quantitative estimate of drug-likeness (QED) is 0.528. The van der Waals surface area contributed by atoms with Crippen molar-refractivity contribution in [1.82, 2.24) is 15.5 Å². The van der Waals surface area contributed by atoms with Crippen LogP contribution in [-0.2, 0) is 14.3 Å². The Kier molecular flexibility index (Phi) is 8.65. The largest absolute Gasteiger partial charge is 0.508 e. The number of rotatable bonds is 7. The summed E-state index contributed by atoms with van der Waals surface area (Å²) in [5, 5.41) is 25.0. The van der Waals surface area contributed by atoms with Crippen molar-refractivity contribution in [2.24, 2.45) is 0 Å². The summed E-state index contributed by atoms with van der Waals surface area (Å²) in [6.45, 7) is 9.41. The number of nitrogens with zero attached hydrogens (tertiary/aromatic N) is 1. The highest BCUT2D eigenvalue weighted by Gasteiger charge is 2.34. The zero-order valence-electron chi connectivity index (χ0n) is 18.5. The van der Waals surface area contributed by atoms with E-state index < -0.39 is 48.2 Å². The van der Waals surface area contributed by atoms with Gasteiger partial charge in [0.1, 0.15) is 23.9 Å². The topological polar surface area (TPSA) is 128 Å². The fourth-order valence-corrected chi connectivity index (χ4v) is 2.68. The molecule has 0 saturated carbocycles. The fourth-order valence-electron chi connectivity index (χ4n) is 2.68. The molecule has 168 valence electrons. The Hall–Kier alpha value is -2.81. The number of nitrogens with one attached hydrogen (secondary N) is 2. The highest BCUT2D eigenvalue weighted by molar-refractivity contribution is 5.91. The molecule has 0 aliphatic rings. The third kappa shape index (κ3) is 8.28. The van der Waals surface area contributed by atoms with Crippen molar-refractivity contribution in [2.75, 3.05) is 19.7 Å². The van der Waals surface area contributed by atoms with E-state index in [1.807, 2.05) is 0 Å². The Labute approximate surface area is 177 Å². The summed E-state index contributed by atoms with van der Waals surface area (Å²) in [7, 11) is 0. The van der Waals surface area contributed by atoms with Gasteiger partial charge < -0.3 is 30.5 Å². The second-order valence-electron chi connectivity index (χ2n) is 8.87. The number of amides is 3. The lowest BCUT2D eigenvalue weighted by Gasteiger charge is -2.33. The molecular weight excluding hydrogens is 390 g/mol. The fraction of sp³-hybridized carbons (Fsp3) is 0.571. The van der Waals surface area contributed by atoms with E-state index in [2.05, 4.69) is 10.6 Å². The summed E-state index contributed by atoms with van der Waals surface area (Å²) in [5.41, 5.74) is -1.12. The molecule has 0 fully saturated rings. The molecule has 0 aromatic heterocycles. The van der Waals surface area contributed by atoms with Crippen LogP contribution in [0.1, 0.15) is 53.1 Å². The molecule has 1 rings (SSSR count). The SMILES string of the molecule is CC(C)(C)NC(=O)C(c1ccccc1O)N(CCO)C(=O)CNC(=O)OC(C)(C)C. The summed E-state index contributed by atoms with van der Waals surface area (Å²) >= 11 is 0. The van der Waals surface area contributed by atoms with Crippen molar-refractivity contribution < 1.29 is 29.3 Å². The van der Waals surface area contributed by atoms with E-state index in [1.165, 1.54) is 12.1 Å². The van der Waals surface area contributed by atoms with Crippen molar-refractivity contribution in [3.8, 4) is 5.75 Å². The molecule has 3 amide bonds. The number of para-hydroxylation sites is 1. The number of aliphatic hydroxyl groups excluding tert-OH is 1. The van der Waals surface area contributed by atoms with E-state index in [0.29, 0.717) is 0 Å². The van der Waals surface area contributed by atoms with Crippen LogP contribution in [-0.4, -0.2) is 63.9 Å². The molecule has 0 radical (unpaired) electrons. The smallest absolute Gasteiger partial charge is 0.408 e. The van der Waals surface area contributed by atoms with Gasteiger partial charge in [0.25, 0.3) is 0 Å². The normalized spacial score (nSPS) is 12.6. The predicted octanol–water partition coefficient (Wildman–Crippen LogP) is 1.69. The minimum Gasteiger partial charge on any atom is -0.508 e. The van der Waals surface area contributed by atoms with Crippen molar-refractivity contribution in [3.05, 3.63) is 29.8 Å². The third-order valence-electron chi connectivity index (χ3n) is 3.73. The molecule has 9 nitrogen and oxygen atoms in total.